The van der Waals surface area contributed by atoms with Gasteiger partial charge in [0.05, 0.1) is 26.4 Å². The van der Waals surface area contributed by atoms with Crippen LogP contribution in [0.25, 0.3) is 0 Å². The molecule has 0 saturated carbocycles. The highest BCUT2D eigenvalue weighted by atomic mass is 31.2. The van der Waals surface area contributed by atoms with E-state index in [0.29, 0.717) is 37.5 Å². The minimum absolute atomic E-state index is 0.106. The lowest BCUT2D eigenvalue weighted by atomic mass is 9.99. The highest BCUT2D eigenvalue weighted by Crippen LogP contribution is 2.45. The fourth-order valence-corrected chi connectivity index (χ4v) is 13.8. The van der Waals surface area contributed by atoms with Crippen LogP contribution in [0.2, 0.25) is 0 Å². The fraction of sp³-hybridized carbons (Fsp3) is 0.950. The Morgan fingerprint density at radius 1 is 0.283 bits per heavy atom. The number of unbranched alkanes of at least 4 members (excludes halogenated alkanes) is 41. The van der Waals surface area contributed by atoms with Gasteiger partial charge in [-0.1, -0.05) is 357 Å². The molecule has 7 atom stereocenters. The van der Waals surface area contributed by atoms with E-state index >= 15 is 0 Å². The molecule has 0 aliphatic carbocycles. The topological polar surface area (TPSA) is 237 Å². The zero-order valence-electron chi connectivity index (χ0n) is 65.1. The third kappa shape index (κ3) is 71.5. The van der Waals surface area contributed by atoms with Crippen LogP contribution in [0.5, 0.6) is 0 Å². The summed E-state index contributed by atoms with van der Waals surface area (Å²) >= 11 is 0. The zero-order valence-corrected chi connectivity index (χ0v) is 66.9. The number of phosphoric acid groups is 2. The summed E-state index contributed by atoms with van der Waals surface area (Å²) in [6.45, 7) is 14.2. The number of aliphatic hydroxyl groups excluding tert-OH is 1. The maximum Gasteiger partial charge on any atom is 0.472 e. The van der Waals surface area contributed by atoms with Crippen LogP contribution in [0, 0.1) is 23.7 Å². The molecule has 19 heteroatoms. The molecule has 4 unspecified atom stereocenters. The summed E-state index contributed by atoms with van der Waals surface area (Å²) in [7, 11) is -9.92. The molecule has 0 radical (unpaired) electrons. The van der Waals surface area contributed by atoms with Crippen LogP contribution < -0.4 is 0 Å². The maximum absolute atomic E-state index is 13.1. The molecule has 0 fully saturated rings. The molecule has 17 nitrogen and oxygen atoms in total. The van der Waals surface area contributed by atoms with E-state index in [4.69, 9.17) is 37.0 Å². The molecule has 0 aromatic heterocycles. The van der Waals surface area contributed by atoms with Gasteiger partial charge in [0.2, 0.25) is 0 Å². The number of phosphoric ester groups is 2. The number of aliphatic hydroxyl groups is 1. The van der Waals surface area contributed by atoms with Crippen molar-refractivity contribution < 1.29 is 80.2 Å². The predicted octanol–water partition coefficient (Wildman–Crippen LogP) is 23.6. The average Bonchev–Trinajstić information content (AvgIpc) is 1.81. The van der Waals surface area contributed by atoms with Crippen molar-refractivity contribution in [1.82, 2.24) is 0 Å². The summed E-state index contributed by atoms with van der Waals surface area (Å²) in [5.41, 5.74) is 0. The van der Waals surface area contributed by atoms with Crippen LogP contribution in [0.15, 0.2) is 0 Å². The van der Waals surface area contributed by atoms with Gasteiger partial charge in [0.25, 0.3) is 0 Å². The van der Waals surface area contributed by atoms with Crippen molar-refractivity contribution >= 4 is 39.5 Å². The number of hydrogen-bond donors (Lipinski definition) is 3. The SMILES string of the molecule is CCC(C)CCCCCCCCCCCCCCCCCCCCC(=O)O[C@H](COC(=O)CCCCCCCCCC(C)C)COP(=O)(O)OC[C@@H](O)COP(=O)(O)OC[C@@H](COC(=O)CCCCCCCCC(C)C)OC(=O)CCCCCCCCCCCCCCCCC(C)CC. The highest BCUT2D eigenvalue weighted by Gasteiger charge is 2.30. The Morgan fingerprint density at radius 2 is 0.485 bits per heavy atom. The maximum atomic E-state index is 13.1. The quantitative estimate of drug-likeness (QED) is 0.0222. The summed E-state index contributed by atoms with van der Waals surface area (Å²) in [6, 6.07) is 0. The first-order chi connectivity index (χ1) is 47.7. The summed E-state index contributed by atoms with van der Waals surface area (Å²) < 4.78 is 68.6. The van der Waals surface area contributed by atoms with E-state index in [9.17, 15) is 43.2 Å². The van der Waals surface area contributed by atoms with Crippen molar-refractivity contribution in [1.29, 1.82) is 0 Å². The van der Waals surface area contributed by atoms with Crippen LogP contribution in [-0.4, -0.2) is 96.7 Å². The number of ether oxygens (including phenoxy) is 4. The van der Waals surface area contributed by atoms with Gasteiger partial charge in [0, 0.05) is 25.7 Å². The Kier molecular flexibility index (Phi) is 67.8. The van der Waals surface area contributed by atoms with Gasteiger partial charge in [-0.15, -0.1) is 0 Å². The van der Waals surface area contributed by atoms with Crippen LogP contribution in [0.3, 0.4) is 0 Å². The predicted molar refractivity (Wildman–Crippen MR) is 404 cm³/mol. The van der Waals surface area contributed by atoms with E-state index in [0.717, 1.165) is 115 Å². The van der Waals surface area contributed by atoms with Crippen molar-refractivity contribution in [2.75, 3.05) is 39.6 Å². The second-order valence-electron chi connectivity index (χ2n) is 30.2. The Morgan fingerprint density at radius 3 is 0.717 bits per heavy atom. The van der Waals surface area contributed by atoms with E-state index < -0.39 is 97.5 Å². The second-order valence-corrected chi connectivity index (χ2v) is 33.1. The number of esters is 4. The second kappa shape index (κ2) is 69.1. The highest BCUT2D eigenvalue weighted by molar-refractivity contribution is 7.47. The van der Waals surface area contributed by atoms with Gasteiger partial charge in [-0.05, 0) is 49.4 Å². The van der Waals surface area contributed by atoms with E-state index in [1.165, 1.54) is 199 Å². The fourth-order valence-electron chi connectivity index (χ4n) is 12.2. The van der Waals surface area contributed by atoms with Gasteiger partial charge < -0.3 is 33.8 Å². The van der Waals surface area contributed by atoms with E-state index in [-0.39, 0.29) is 25.7 Å². The van der Waals surface area contributed by atoms with Crippen molar-refractivity contribution in [3.63, 3.8) is 0 Å². The summed E-state index contributed by atoms with van der Waals surface area (Å²) in [6.07, 6.45) is 55.8. The van der Waals surface area contributed by atoms with Gasteiger partial charge in [0.1, 0.15) is 19.3 Å². The van der Waals surface area contributed by atoms with Gasteiger partial charge in [-0.2, -0.15) is 0 Å². The monoisotopic (exact) mass is 1450 g/mol. The van der Waals surface area contributed by atoms with Crippen molar-refractivity contribution in [3.8, 4) is 0 Å². The zero-order chi connectivity index (χ0) is 73.1. The van der Waals surface area contributed by atoms with Crippen molar-refractivity contribution in [2.45, 2.75) is 427 Å². The van der Waals surface area contributed by atoms with Crippen molar-refractivity contribution in [3.05, 3.63) is 0 Å². The number of carbonyl (C=O) groups excluding carboxylic acids is 4. The van der Waals surface area contributed by atoms with Gasteiger partial charge in [-0.25, -0.2) is 9.13 Å². The number of hydrogen-bond acceptors (Lipinski definition) is 15. The van der Waals surface area contributed by atoms with Gasteiger partial charge >= 0.3 is 39.5 Å². The lowest BCUT2D eigenvalue weighted by molar-refractivity contribution is -0.161. The normalized spacial score (nSPS) is 14.6. The minimum Gasteiger partial charge on any atom is -0.462 e. The van der Waals surface area contributed by atoms with Crippen LogP contribution >= 0.6 is 15.6 Å². The third-order valence-corrected chi connectivity index (χ3v) is 21.2. The Bertz CT molecular complexity index is 1940. The Hall–Kier alpha value is -1.94. The molecule has 588 valence electrons. The van der Waals surface area contributed by atoms with E-state index in [1.54, 1.807) is 0 Å². The Labute approximate surface area is 607 Å². The van der Waals surface area contributed by atoms with E-state index in [2.05, 4.69) is 55.4 Å². The van der Waals surface area contributed by atoms with Gasteiger partial charge in [0.15, 0.2) is 12.2 Å². The molecule has 0 aromatic rings. The molecule has 0 spiro atoms. The third-order valence-electron chi connectivity index (χ3n) is 19.3. The average molecular weight is 1450 g/mol. The van der Waals surface area contributed by atoms with Crippen LogP contribution in [0.4, 0.5) is 0 Å². The lowest BCUT2D eigenvalue weighted by Crippen LogP contribution is -2.30. The first-order valence-corrected chi connectivity index (χ1v) is 44.3. The molecule has 99 heavy (non-hydrogen) atoms. The molecule has 0 bridgehead atoms. The molecule has 0 amide bonds. The van der Waals surface area contributed by atoms with Crippen LogP contribution in [-0.2, 0) is 65.4 Å². The largest absolute Gasteiger partial charge is 0.472 e. The first kappa shape index (κ1) is 97.1. The molecule has 0 saturated heterocycles. The standard InChI is InChI=1S/C80H156O17P2/c1-9-72(7)58-50-42-33-27-23-19-15-13-11-12-14-16-21-25-29-35-46-54-62-79(84)96-75(66-90-77(82)60-52-44-37-31-32-40-48-56-70(3)4)68-94-98(86,87)92-64-74(81)65-93-99(88,89)95-69-76(67-91-78(83)61-53-45-39-38-41-49-57-71(5)6)97-80(85)63-55-47-36-30-26-22-18-17-20-24-28-34-43-51-59-73(8)10-2/h70-76,81H,9-69H2,1-8H3,(H,86,87)(H,88,89)/t72?,73?,74-,75-,76-/m1/s1. The summed E-state index contributed by atoms with van der Waals surface area (Å²) in [4.78, 5) is 72.9. The smallest absolute Gasteiger partial charge is 0.462 e. The minimum atomic E-state index is -4.96. The van der Waals surface area contributed by atoms with Crippen molar-refractivity contribution in [2.24, 2.45) is 23.7 Å². The molecule has 0 heterocycles. The molecule has 0 aliphatic heterocycles. The molecular formula is C80H156O17P2. The molecule has 0 rings (SSSR count). The summed E-state index contributed by atoms with van der Waals surface area (Å²) in [5, 5.41) is 10.6. The van der Waals surface area contributed by atoms with Crippen LogP contribution in [0.1, 0.15) is 409 Å². The molecule has 0 aliphatic rings. The molecule has 3 N–H and O–H groups in total. The lowest BCUT2D eigenvalue weighted by Gasteiger charge is -2.21. The Balaban J connectivity index is 5.14. The van der Waals surface area contributed by atoms with Gasteiger partial charge in [-0.3, -0.25) is 37.3 Å². The molecule has 0 aromatic carbocycles. The number of rotatable bonds is 77. The molecular weight excluding hydrogens is 1290 g/mol. The first-order valence-electron chi connectivity index (χ1n) is 41.3. The number of carbonyl (C=O) groups is 4. The summed E-state index contributed by atoms with van der Waals surface area (Å²) in [5.74, 6) is 0.981. The van der Waals surface area contributed by atoms with E-state index in [1.807, 2.05) is 0 Å².